The third-order valence-electron chi connectivity index (χ3n) is 3.53. The van der Waals surface area contributed by atoms with Gasteiger partial charge in [-0.3, -0.25) is 14.6 Å². The lowest BCUT2D eigenvalue weighted by molar-refractivity contribution is -0.127. The van der Waals surface area contributed by atoms with E-state index in [4.69, 9.17) is 4.74 Å². The van der Waals surface area contributed by atoms with Crippen molar-refractivity contribution in [1.29, 1.82) is 0 Å². The number of ether oxygens (including phenoxy) is 1. The average Bonchev–Trinajstić information content (AvgIpc) is 3.06. The van der Waals surface area contributed by atoms with E-state index in [1.54, 1.807) is 29.4 Å². The van der Waals surface area contributed by atoms with Crippen molar-refractivity contribution in [3.63, 3.8) is 0 Å². The summed E-state index contributed by atoms with van der Waals surface area (Å²) in [6.45, 7) is 0.665. The van der Waals surface area contributed by atoms with Gasteiger partial charge in [0.05, 0.1) is 6.04 Å². The van der Waals surface area contributed by atoms with Crippen LogP contribution in [0.15, 0.2) is 24.5 Å². The van der Waals surface area contributed by atoms with Crippen LogP contribution in [0.4, 0.5) is 4.79 Å². The lowest BCUT2D eigenvalue weighted by Crippen LogP contribution is -2.42. The first kappa shape index (κ1) is 12.6. The molecule has 20 heavy (non-hydrogen) atoms. The molecule has 104 valence electrons. The first-order valence-electron chi connectivity index (χ1n) is 6.35. The van der Waals surface area contributed by atoms with Gasteiger partial charge < -0.3 is 9.64 Å². The van der Waals surface area contributed by atoms with E-state index < -0.39 is 6.09 Å². The third-order valence-corrected chi connectivity index (χ3v) is 3.53. The summed E-state index contributed by atoms with van der Waals surface area (Å²) in [6, 6.07) is 3.00. The molecule has 3 rings (SSSR count). The van der Waals surface area contributed by atoms with Gasteiger partial charge in [0.2, 0.25) is 0 Å². The smallest absolute Gasteiger partial charge is 0.417 e. The van der Waals surface area contributed by atoms with Gasteiger partial charge in [-0.2, -0.15) is 0 Å². The molecule has 2 aliphatic heterocycles. The molecule has 7 nitrogen and oxygen atoms in total. The average molecular weight is 275 g/mol. The van der Waals surface area contributed by atoms with E-state index >= 15 is 0 Å². The topological polar surface area (TPSA) is 79.8 Å². The van der Waals surface area contributed by atoms with Crippen molar-refractivity contribution in [3.05, 3.63) is 30.1 Å². The molecule has 0 spiro atoms. The zero-order valence-electron chi connectivity index (χ0n) is 10.7. The molecule has 1 atom stereocenters. The molecule has 3 heterocycles. The number of carbonyl (C=O) groups is 3. The van der Waals surface area contributed by atoms with Crippen LogP contribution in [0.25, 0.3) is 0 Å². The Hall–Kier alpha value is -2.44. The molecule has 1 aromatic rings. The Morgan fingerprint density at radius 3 is 2.70 bits per heavy atom. The van der Waals surface area contributed by atoms with Crippen LogP contribution in [0.3, 0.4) is 0 Å². The van der Waals surface area contributed by atoms with E-state index in [2.05, 4.69) is 4.98 Å². The van der Waals surface area contributed by atoms with Crippen LogP contribution in [0.1, 0.15) is 16.8 Å². The Labute approximate surface area is 115 Å². The van der Waals surface area contributed by atoms with Crippen LogP contribution in [0.5, 0.6) is 0 Å². The van der Waals surface area contributed by atoms with Gasteiger partial charge in [0.15, 0.2) is 6.61 Å². The summed E-state index contributed by atoms with van der Waals surface area (Å²) in [5.41, 5.74) is 0.552. The molecule has 0 radical (unpaired) electrons. The SMILES string of the molecule is O=C(c1ccncc1)N1CC[C@H](N2C(=O)COC2=O)C1. The number of pyridine rings is 1. The second-order valence-corrected chi connectivity index (χ2v) is 4.75. The quantitative estimate of drug-likeness (QED) is 0.774. The minimum absolute atomic E-state index is 0.116. The van der Waals surface area contributed by atoms with Crippen molar-refractivity contribution < 1.29 is 19.1 Å². The Kier molecular flexibility index (Phi) is 3.09. The number of imide groups is 1. The van der Waals surface area contributed by atoms with Gasteiger partial charge >= 0.3 is 6.09 Å². The lowest BCUT2D eigenvalue weighted by Gasteiger charge is -2.20. The zero-order valence-corrected chi connectivity index (χ0v) is 10.7. The van der Waals surface area contributed by atoms with Gasteiger partial charge in [-0.25, -0.2) is 9.69 Å². The highest BCUT2D eigenvalue weighted by Crippen LogP contribution is 2.21. The number of likely N-dealkylation sites (tertiary alicyclic amines) is 1. The molecule has 0 unspecified atom stereocenters. The van der Waals surface area contributed by atoms with Crippen molar-refractivity contribution in [1.82, 2.24) is 14.8 Å². The minimum atomic E-state index is -0.613. The van der Waals surface area contributed by atoms with Crippen molar-refractivity contribution in [3.8, 4) is 0 Å². The number of cyclic esters (lactones) is 1. The molecular formula is C13H13N3O4. The van der Waals surface area contributed by atoms with Crippen molar-refractivity contribution in [2.45, 2.75) is 12.5 Å². The number of hydrogen-bond donors (Lipinski definition) is 0. The van der Waals surface area contributed by atoms with Crippen molar-refractivity contribution in [2.24, 2.45) is 0 Å². The van der Waals surface area contributed by atoms with Gasteiger partial charge in [-0.1, -0.05) is 0 Å². The van der Waals surface area contributed by atoms with Crippen LogP contribution >= 0.6 is 0 Å². The molecule has 0 aliphatic carbocycles. The molecule has 1 aromatic heterocycles. The monoisotopic (exact) mass is 275 g/mol. The van der Waals surface area contributed by atoms with E-state index in [0.717, 1.165) is 4.90 Å². The molecule has 7 heteroatoms. The maximum Gasteiger partial charge on any atom is 0.417 e. The molecule has 3 amide bonds. The summed E-state index contributed by atoms with van der Waals surface area (Å²) >= 11 is 0. The molecule has 0 N–H and O–H groups in total. The van der Waals surface area contributed by atoms with E-state index in [1.807, 2.05) is 0 Å². The summed E-state index contributed by atoms with van der Waals surface area (Å²) in [5, 5.41) is 0. The van der Waals surface area contributed by atoms with E-state index in [-0.39, 0.29) is 24.5 Å². The Balaban J connectivity index is 1.69. The highest BCUT2D eigenvalue weighted by molar-refractivity contribution is 5.98. The summed E-state index contributed by atoms with van der Waals surface area (Å²) in [5.74, 6) is -0.451. The number of carbonyl (C=O) groups excluding carboxylic acids is 3. The first-order chi connectivity index (χ1) is 9.66. The number of aromatic nitrogens is 1. The fourth-order valence-corrected chi connectivity index (χ4v) is 2.53. The zero-order chi connectivity index (χ0) is 14.1. The van der Waals surface area contributed by atoms with Crippen LogP contribution in [0.2, 0.25) is 0 Å². The number of rotatable bonds is 2. The summed E-state index contributed by atoms with van der Waals surface area (Å²) in [7, 11) is 0. The second-order valence-electron chi connectivity index (χ2n) is 4.75. The fourth-order valence-electron chi connectivity index (χ4n) is 2.53. The third kappa shape index (κ3) is 2.11. The van der Waals surface area contributed by atoms with Gasteiger partial charge in [-0.15, -0.1) is 0 Å². The van der Waals surface area contributed by atoms with E-state index in [0.29, 0.717) is 25.1 Å². The maximum atomic E-state index is 12.2. The van der Waals surface area contributed by atoms with Crippen LogP contribution in [-0.4, -0.2) is 58.4 Å². The van der Waals surface area contributed by atoms with Crippen LogP contribution in [0, 0.1) is 0 Å². The maximum absolute atomic E-state index is 12.2. The fraction of sp³-hybridized carbons (Fsp3) is 0.385. The number of hydrogen-bond acceptors (Lipinski definition) is 5. The van der Waals surface area contributed by atoms with Gasteiger partial charge in [0.1, 0.15) is 0 Å². The van der Waals surface area contributed by atoms with Gasteiger partial charge in [-0.05, 0) is 18.6 Å². The molecular weight excluding hydrogens is 262 g/mol. The molecule has 2 fully saturated rings. The van der Waals surface area contributed by atoms with Crippen molar-refractivity contribution >= 4 is 17.9 Å². The normalized spacial score (nSPS) is 22.3. The predicted molar refractivity (Wildman–Crippen MR) is 66.7 cm³/mol. The molecule has 0 aromatic carbocycles. The van der Waals surface area contributed by atoms with E-state index in [1.165, 1.54) is 0 Å². The molecule has 0 bridgehead atoms. The minimum Gasteiger partial charge on any atom is -0.439 e. The summed E-state index contributed by atoms with van der Waals surface area (Å²) < 4.78 is 4.70. The Bertz CT molecular complexity index is 544. The van der Waals surface area contributed by atoms with Gasteiger partial charge in [0, 0.05) is 31.0 Å². The standard InChI is InChI=1S/C13H13N3O4/c17-11-8-20-13(19)16(11)10-3-6-15(7-10)12(18)9-1-4-14-5-2-9/h1-2,4-5,10H,3,6-8H2/t10-/m0/s1. The number of amides is 3. The Morgan fingerprint density at radius 2 is 2.05 bits per heavy atom. The predicted octanol–water partition coefficient (Wildman–Crippen LogP) is 0.275. The second kappa shape index (κ2) is 4.92. The van der Waals surface area contributed by atoms with Crippen molar-refractivity contribution in [2.75, 3.05) is 19.7 Å². The largest absolute Gasteiger partial charge is 0.439 e. The van der Waals surface area contributed by atoms with Crippen LogP contribution < -0.4 is 0 Å². The molecule has 0 saturated carbocycles. The highest BCUT2D eigenvalue weighted by Gasteiger charge is 2.41. The lowest BCUT2D eigenvalue weighted by atomic mass is 10.2. The molecule has 2 aliphatic rings. The van der Waals surface area contributed by atoms with E-state index in [9.17, 15) is 14.4 Å². The summed E-state index contributed by atoms with van der Waals surface area (Å²) in [4.78, 5) is 42.0. The van der Waals surface area contributed by atoms with Gasteiger partial charge in [0.25, 0.3) is 11.8 Å². The Morgan fingerprint density at radius 1 is 1.30 bits per heavy atom. The molecule has 2 saturated heterocycles. The first-order valence-corrected chi connectivity index (χ1v) is 6.35. The van der Waals surface area contributed by atoms with Crippen LogP contribution in [-0.2, 0) is 9.53 Å². The summed E-state index contributed by atoms with van der Waals surface area (Å²) in [6.07, 6.45) is 3.08. The highest BCUT2D eigenvalue weighted by atomic mass is 16.6. The number of nitrogens with zero attached hydrogens (tertiary/aromatic N) is 3.